The van der Waals surface area contributed by atoms with Gasteiger partial charge in [0.15, 0.2) is 0 Å². The van der Waals surface area contributed by atoms with Crippen molar-refractivity contribution in [3.63, 3.8) is 0 Å². The second kappa shape index (κ2) is 2.31. The standard InChI is InChI=1S/C3H4F3NO4S/c1-12(8,9)11-3(7-10-3)2(4,5)6/h7H,1H3. The summed E-state index contributed by atoms with van der Waals surface area (Å²) < 4.78 is 59.7. The molecule has 0 aromatic rings. The van der Waals surface area contributed by atoms with Crippen LogP contribution >= 0.6 is 0 Å². The topological polar surface area (TPSA) is 77.8 Å². The van der Waals surface area contributed by atoms with Crippen molar-refractivity contribution in [1.82, 2.24) is 5.48 Å². The highest BCUT2D eigenvalue weighted by Crippen LogP contribution is 2.40. The first-order valence-corrected chi connectivity index (χ1v) is 4.40. The molecule has 1 N–H and O–H groups in total. The molecular weight excluding hydrogens is 203 g/mol. The Hall–Kier alpha value is -0.380. The van der Waals surface area contributed by atoms with Crippen molar-refractivity contribution in [2.24, 2.45) is 0 Å². The fraction of sp³-hybridized carbons (Fsp3) is 1.00. The summed E-state index contributed by atoms with van der Waals surface area (Å²) in [5.74, 6) is -3.17. The van der Waals surface area contributed by atoms with Crippen LogP contribution in [-0.4, -0.2) is 26.8 Å². The SMILES string of the molecule is CS(=O)(=O)OC1(C(F)(F)F)NO1. The lowest BCUT2D eigenvalue weighted by Gasteiger charge is -2.11. The van der Waals surface area contributed by atoms with Crippen LogP contribution in [0, 0.1) is 0 Å². The molecule has 0 aromatic heterocycles. The van der Waals surface area contributed by atoms with Gasteiger partial charge < -0.3 is 0 Å². The molecule has 1 aliphatic heterocycles. The minimum Gasteiger partial charge on any atom is -0.235 e. The Balaban J connectivity index is 2.76. The van der Waals surface area contributed by atoms with E-state index in [1.165, 1.54) is 5.48 Å². The molecule has 1 saturated heterocycles. The van der Waals surface area contributed by atoms with Gasteiger partial charge in [-0.3, -0.25) is 0 Å². The van der Waals surface area contributed by atoms with Gasteiger partial charge in [-0.05, 0) is 0 Å². The van der Waals surface area contributed by atoms with Gasteiger partial charge in [-0.15, -0.1) is 5.48 Å². The Morgan fingerprint density at radius 2 is 1.92 bits per heavy atom. The number of rotatable bonds is 2. The highest BCUT2D eigenvalue weighted by molar-refractivity contribution is 7.86. The van der Waals surface area contributed by atoms with Crippen LogP contribution in [0.2, 0.25) is 0 Å². The highest BCUT2D eigenvalue weighted by Gasteiger charge is 2.71. The molecule has 0 radical (unpaired) electrons. The summed E-state index contributed by atoms with van der Waals surface area (Å²) in [6.45, 7) is 0. The zero-order valence-corrected chi connectivity index (χ0v) is 6.49. The predicted molar refractivity (Wildman–Crippen MR) is 28.9 cm³/mol. The average molecular weight is 207 g/mol. The van der Waals surface area contributed by atoms with Crippen molar-refractivity contribution in [2.45, 2.75) is 12.1 Å². The summed E-state index contributed by atoms with van der Waals surface area (Å²) in [6, 6.07) is 0. The zero-order valence-electron chi connectivity index (χ0n) is 5.68. The summed E-state index contributed by atoms with van der Waals surface area (Å²) in [7, 11) is -4.21. The third-order valence-electron chi connectivity index (χ3n) is 0.929. The van der Waals surface area contributed by atoms with Crippen LogP contribution in [0.1, 0.15) is 0 Å². The molecule has 1 rings (SSSR count). The lowest BCUT2D eigenvalue weighted by Crippen LogP contribution is -2.39. The second-order valence-electron chi connectivity index (χ2n) is 2.11. The number of alkyl halides is 3. The minimum atomic E-state index is -4.92. The summed E-state index contributed by atoms with van der Waals surface area (Å²) in [5.41, 5.74) is 1.32. The Labute approximate surface area is 65.5 Å². The maximum Gasteiger partial charge on any atom is 0.464 e. The molecule has 0 saturated carbocycles. The van der Waals surface area contributed by atoms with Gasteiger partial charge in [-0.1, -0.05) is 0 Å². The van der Waals surface area contributed by atoms with Gasteiger partial charge in [0.1, 0.15) is 0 Å². The van der Waals surface area contributed by atoms with E-state index in [1.54, 1.807) is 0 Å². The number of halogens is 3. The molecule has 9 heteroatoms. The Morgan fingerprint density at radius 3 is 2.00 bits per heavy atom. The van der Waals surface area contributed by atoms with Gasteiger partial charge in [0.2, 0.25) is 0 Å². The van der Waals surface area contributed by atoms with E-state index in [2.05, 4.69) is 9.02 Å². The van der Waals surface area contributed by atoms with E-state index in [0.29, 0.717) is 6.26 Å². The normalized spacial score (nSPS) is 30.3. The molecule has 1 heterocycles. The lowest BCUT2D eigenvalue weighted by molar-refractivity contribution is -0.242. The number of hydroxylamine groups is 1. The first kappa shape index (κ1) is 9.71. The van der Waals surface area contributed by atoms with Crippen LogP contribution in [0.15, 0.2) is 0 Å². The number of hydrogen-bond donors (Lipinski definition) is 1. The maximum absolute atomic E-state index is 11.8. The van der Waals surface area contributed by atoms with Crippen molar-refractivity contribution in [2.75, 3.05) is 6.26 Å². The van der Waals surface area contributed by atoms with Gasteiger partial charge >= 0.3 is 12.1 Å². The molecular formula is C3H4F3NO4S. The molecule has 0 amide bonds. The van der Waals surface area contributed by atoms with Gasteiger partial charge in [-0.2, -0.15) is 21.6 Å². The van der Waals surface area contributed by atoms with Crippen LogP contribution < -0.4 is 5.48 Å². The van der Waals surface area contributed by atoms with E-state index in [0.717, 1.165) is 0 Å². The smallest absolute Gasteiger partial charge is 0.235 e. The first-order chi connectivity index (χ1) is 5.16. The predicted octanol–water partition coefficient (Wildman–Crippen LogP) is -0.287. The first-order valence-electron chi connectivity index (χ1n) is 2.59. The van der Waals surface area contributed by atoms with Crippen LogP contribution in [0.4, 0.5) is 13.2 Å². The van der Waals surface area contributed by atoms with Crippen LogP contribution in [-0.2, 0) is 19.1 Å². The van der Waals surface area contributed by atoms with Crippen LogP contribution in [0.25, 0.3) is 0 Å². The molecule has 1 aliphatic rings. The molecule has 0 aliphatic carbocycles. The van der Waals surface area contributed by atoms with Gasteiger partial charge in [0.25, 0.3) is 10.1 Å². The largest absolute Gasteiger partial charge is 0.464 e. The number of hydrogen-bond acceptors (Lipinski definition) is 5. The van der Waals surface area contributed by atoms with Gasteiger partial charge in [0, 0.05) is 0 Å². The molecule has 0 spiro atoms. The monoisotopic (exact) mass is 207 g/mol. The Bertz CT molecular complexity index is 278. The third kappa shape index (κ3) is 1.86. The van der Waals surface area contributed by atoms with Gasteiger partial charge in [-0.25, -0.2) is 9.02 Å². The third-order valence-corrected chi connectivity index (χ3v) is 1.47. The minimum absolute atomic E-state index is 0.490. The molecule has 72 valence electrons. The summed E-state index contributed by atoms with van der Waals surface area (Å²) >= 11 is 0. The zero-order chi connectivity index (χ0) is 9.62. The van der Waals surface area contributed by atoms with Crippen molar-refractivity contribution >= 4 is 10.1 Å². The van der Waals surface area contributed by atoms with Crippen molar-refractivity contribution < 1.29 is 30.6 Å². The molecule has 1 fully saturated rings. The number of nitrogens with one attached hydrogen (secondary N) is 1. The maximum atomic E-state index is 11.8. The molecule has 0 bridgehead atoms. The molecule has 5 nitrogen and oxygen atoms in total. The van der Waals surface area contributed by atoms with Crippen LogP contribution in [0.5, 0.6) is 0 Å². The van der Waals surface area contributed by atoms with Crippen molar-refractivity contribution in [1.29, 1.82) is 0 Å². The quantitative estimate of drug-likeness (QED) is 0.497. The highest BCUT2D eigenvalue weighted by atomic mass is 32.2. The fourth-order valence-electron chi connectivity index (χ4n) is 0.457. The summed E-state index contributed by atoms with van der Waals surface area (Å²) in [4.78, 5) is 3.66. The summed E-state index contributed by atoms with van der Waals surface area (Å²) in [6.07, 6.45) is -4.43. The van der Waals surface area contributed by atoms with E-state index in [1.807, 2.05) is 0 Å². The van der Waals surface area contributed by atoms with E-state index in [4.69, 9.17) is 0 Å². The molecule has 1 atom stereocenters. The van der Waals surface area contributed by atoms with Crippen molar-refractivity contribution in [3.8, 4) is 0 Å². The van der Waals surface area contributed by atoms with E-state index < -0.39 is 22.2 Å². The van der Waals surface area contributed by atoms with Gasteiger partial charge in [0.05, 0.1) is 6.26 Å². The lowest BCUT2D eigenvalue weighted by atomic mass is 10.5. The van der Waals surface area contributed by atoms with E-state index in [-0.39, 0.29) is 0 Å². The molecule has 1 unspecified atom stereocenters. The second-order valence-corrected chi connectivity index (χ2v) is 3.68. The molecule has 12 heavy (non-hydrogen) atoms. The fourth-order valence-corrected chi connectivity index (χ4v) is 1.05. The molecule has 0 aromatic carbocycles. The average Bonchev–Trinajstić information content (AvgIpc) is 2.39. The Kier molecular flexibility index (Phi) is 1.87. The van der Waals surface area contributed by atoms with E-state index >= 15 is 0 Å². The van der Waals surface area contributed by atoms with Crippen LogP contribution in [0.3, 0.4) is 0 Å². The summed E-state index contributed by atoms with van der Waals surface area (Å²) in [5, 5.41) is 0. The Morgan fingerprint density at radius 1 is 1.50 bits per heavy atom. The van der Waals surface area contributed by atoms with Crippen molar-refractivity contribution in [3.05, 3.63) is 0 Å². The van der Waals surface area contributed by atoms with E-state index in [9.17, 15) is 21.6 Å².